The molecular formula is C15H22N2O5. The van der Waals surface area contributed by atoms with E-state index < -0.39 is 17.7 Å². The topological polar surface area (TPSA) is 76.2 Å². The Hall–Kier alpha value is -2.05. The molecule has 1 spiro atoms. The van der Waals surface area contributed by atoms with Gasteiger partial charge in [-0.3, -0.25) is 14.5 Å². The number of hydrogen-bond acceptors (Lipinski definition) is 5. The van der Waals surface area contributed by atoms with E-state index in [2.05, 4.69) is 4.74 Å². The minimum atomic E-state index is -0.592. The number of nitrogens with zero attached hydrogens (tertiary/aromatic N) is 2. The molecule has 2 heterocycles. The van der Waals surface area contributed by atoms with E-state index in [4.69, 9.17) is 4.74 Å². The molecular weight excluding hydrogens is 288 g/mol. The number of esters is 1. The van der Waals surface area contributed by atoms with Crippen molar-refractivity contribution in [1.82, 2.24) is 9.80 Å². The molecule has 2 aliphatic heterocycles. The maximum Gasteiger partial charge on any atom is 0.411 e. The van der Waals surface area contributed by atoms with E-state index in [-0.39, 0.29) is 12.5 Å². The lowest BCUT2D eigenvalue weighted by molar-refractivity contribution is -0.141. The number of carbonyl (C=O) groups is 3. The number of carbonyl (C=O) groups excluding carboxylic acids is 3. The Morgan fingerprint density at radius 1 is 1.36 bits per heavy atom. The lowest BCUT2D eigenvalue weighted by atomic mass is 9.91. The van der Waals surface area contributed by atoms with Crippen LogP contribution in [0.1, 0.15) is 26.7 Å². The van der Waals surface area contributed by atoms with Crippen LogP contribution in [-0.4, -0.2) is 66.7 Å². The molecule has 7 nitrogen and oxygen atoms in total. The molecule has 22 heavy (non-hydrogen) atoms. The van der Waals surface area contributed by atoms with Gasteiger partial charge in [0.05, 0.1) is 13.7 Å². The zero-order valence-electron chi connectivity index (χ0n) is 13.3. The summed E-state index contributed by atoms with van der Waals surface area (Å²) in [4.78, 5) is 38.4. The van der Waals surface area contributed by atoms with Crippen molar-refractivity contribution in [3.8, 4) is 0 Å². The second kappa shape index (κ2) is 6.37. The van der Waals surface area contributed by atoms with Crippen LogP contribution in [0.15, 0.2) is 11.6 Å². The molecule has 0 aromatic carbocycles. The van der Waals surface area contributed by atoms with E-state index in [0.29, 0.717) is 38.0 Å². The Morgan fingerprint density at radius 2 is 2.00 bits per heavy atom. The molecule has 2 amide bonds. The van der Waals surface area contributed by atoms with Crippen LogP contribution in [0.4, 0.5) is 4.79 Å². The molecule has 0 unspecified atom stereocenters. The highest BCUT2D eigenvalue weighted by Crippen LogP contribution is 2.33. The summed E-state index contributed by atoms with van der Waals surface area (Å²) in [6.45, 7) is 4.98. The molecule has 2 rings (SSSR count). The summed E-state index contributed by atoms with van der Waals surface area (Å²) >= 11 is 0. The first kappa shape index (κ1) is 16.3. The molecule has 0 aromatic heterocycles. The predicted octanol–water partition coefficient (Wildman–Crippen LogP) is 0.939. The third kappa shape index (κ3) is 3.23. The van der Waals surface area contributed by atoms with E-state index in [0.717, 1.165) is 0 Å². The smallest absolute Gasteiger partial charge is 0.411 e. The normalized spacial score (nSPS) is 21.0. The largest absolute Gasteiger partial charge is 0.468 e. The average Bonchev–Trinajstić information content (AvgIpc) is 2.81. The summed E-state index contributed by atoms with van der Waals surface area (Å²) in [5.41, 5.74) is 0.123. The maximum absolute atomic E-state index is 12.1. The van der Waals surface area contributed by atoms with Gasteiger partial charge in [0.2, 0.25) is 5.91 Å². The van der Waals surface area contributed by atoms with Gasteiger partial charge in [0, 0.05) is 31.5 Å². The van der Waals surface area contributed by atoms with Gasteiger partial charge in [0.1, 0.15) is 12.1 Å². The van der Waals surface area contributed by atoms with Gasteiger partial charge in [-0.05, 0) is 13.8 Å². The lowest BCUT2D eigenvalue weighted by Gasteiger charge is -2.37. The molecule has 0 N–H and O–H groups in total. The number of rotatable bonds is 3. The van der Waals surface area contributed by atoms with Crippen molar-refractivity contribution in [2.75, 3.05) is 33.3 Å². The standard InChI is InChI=1S/C15H22N2O5/c1-4-11(2)13(19)16-7-5-15(6-8-16)10-17(14(20)22-15)9-12(18)21-3/h4H,5-10H2,1-3H3/b11-4+. The van der Waals surface area contributed by atoms with Gasteiger partial charge in [0.25, 0.3) is 0 Å². The van der Waals surface area contributed by atoms with Gasteiger partial charge < -0.3 is 14.4 Å². The number of hydrogen-bond donors (Lipinski definition) is 0. The van der Waals surface area contributed by atoms with Crippen molar-refractivity contribution in [2.45, 2.75) is 32.3 Å². The highest BCUT2D eigenvalue weighted by Gasteiger charge is 2.48. The molecule has 0 aromatic rings. The minimum absolute atomic E-state index is 0.0214. The fourth-order valence-electron chi connectivity index (χ4n) is 2.79. The van der Waals surface area contributed by atoms with Crippen LogP contribution in [-0.2, 0) is 19.1 Å². The SMILES string of the molecule is C/C=C(\C)C(=O)N1CCC2(CC1)CN(CC(=O)OC)C(=O)O2. The first-order valence-corrected chi connectivity index (χ1v) is 7.38. The molecule has 0 aliphatic carbocycles. The highest BCUT2D eigenvalue weighted by atomic mass is 16.6. The number of amides is 2. The molecule has 2 aliphatic rings. The van der Waals surface area contributed by atoms with Crippen LogP contribution in [0, 0.1) is 0 Å². The van der Waals surface area contributed by atoms with Gasteiger partial charge in [0.15, 0.2) is 0 Å². The summed E-state index contributed by atoms with van der Waals surface area (Å²) in [6, 6.07) is 0. The summed E-state index contributed by atoms with van der Waals surface area (Å²) < 4.78 is 10.1. The van der Waals surface area contributed by atoms with Crippen LogP contribution >= 0.6 is 0 Å². The van der Waals surface area contributed by atoms with Crippen LogP contribution in [0.5, 0.6) is 0 Å². The Balaban J connectivity index is 1.95. The Kier molecular flexibility index (Phi) is 4.73. The molecule has 0 radical (unpaired) electrons. The van der Waals surface area contributed by atoms with Crippen LogP contribution < -0.4 is 0 Å². The molecule has 7 heteroatoms. The van der Waals surface area contributed by atoms with Gasteiger partial charge in [-0.25, -0.2) is 4.79 Å². The van der Waals surface area contributed by atoms with Gasteiger partial charge in [-0.15, -0.1) is 0 Å². The summed E-state index contributed by atoms with van der Waals surface area (Å²) in [5, 5.41) is 0. The Labute approximate surface area is 129 Å². The van der Waals surface area contributed by atoms with E-state index in [1.54, 1.807) is 17.9 Å². The predicted molar refractivity (Wildman–Crippen MR) is 78.0 cm³/mol. The number of piperidine rings is 1. The van der Waals surface area contributed by atoms with E-state index >= 15 is 0 Å². The van der Waals surface area contributed by atoms with Crippen molar-refractivity contribution in [1.29, 1.82) is 0 Å². The number of ether oxygens (including phenoxy) is 2. The highest BCUT2D eigenvalue weighted by molar-refractivity contribution is 5.92. The summed E-state index contributed by atoms with van der Waals surface area (Å²) in [5.74, 6) is -0.446. The van der Waals surface area contributed by atoms with Crippen LogP contribution in [0.25, 0.3) is 0 Å². The first-order chi connectivity index (χ1) is 10.4. The molecule has 2 fully saturated rings. The quantitative estimate of drug-likeness (QED) is 0.573. The van der Waals surface area contributed by atoms with Gasteiger partial charge >= 0.3 is 12.1 Å². The zero-order chi connectivity index (χ0) is 16.3. The summed E-state index contributed by atoms with van der Waals surface area (Å²) in [7, 11) is 1.28. The molecule has 0 bridgehead atoms. The Bertz CT molecular complexity index is 506. The van der Waals surface area contributed by atoms with Crippen molar-refractivity contribution >= 4 is 18.0 Å². The Morgan fingerprint density at radius 3 is 2.55 bits per heavy atom. The van der Waals surface area contributed by atoms with Gasteiger partial charge in [-0.1, -0.05) is 6.08 Å². The van der Waals surface area contributed by atoms with Crippen LogP contribution in [0.2, 0.25) is 0 Å². The van der Waals surface area contributed by atoms with Crippen molar-refractivity contribution in [2.24, 2.45) is 0 Å². The maximum atomic E-state index is 12.1. The molecule has 0 saturated carbocycles. The first-order valence-electron chi connectivity index (χ1n) is 7.38. The third-order valence-electron chi connectivity index (χ3n) is 4.32. The zero-order valence-corrected chi connectivity index (χ0v) is 13.3. The molecule has 122 valence electrons. The average molecular weight is 310 g/mol. The van der Waals surface area contributed by atoms with Crippen LogP contribution in [0.3, 0.4) is 0 Å². The van der Waals surface area contributed by atoms with Crippen molar-refractivity contribution in [3.63, 3.8) is 0 Å². The number of methoxy groups -OCH3 is 1. The van der Waals surface area contributed by atoms with Crippen molar-refractivity contribution in [3.05, 3.63) is 11.6 Å². The second-order valence-electron chi connectivity index (χ2n) is 5.75. The van der Waals surface area contributed by atoms with E-state index in [9.17, 15) is 14.4 Å². The number of allylic oxidation sites excluding steroid dienone is 1. The monoisotopic (exact) mass is 310 g/mol. The molecule has 2 saturated heterocycles. The fraction of sp³-hybridized carbons (Fsp3) is 0.667. The summed E-state index contributed by atoms with van der Waals surface area (Å²) in [6.07, 6.45) is 2.47. The molecule has 0 atom stereocenters. The van der Waals surface area contributed by atoms with Gasteiger partial charge in [-0.2, -0.15) is 0 Å². The minimum Gasteiger partial charge on any atom is -0.468 e. The third-order valence-corrected chi connectivity index (χ3v) is 4.32. The fourth-order valence-corrected chi connectivity index (χ4v) is 2.79. The van der Waals surface area contributed by atoms with E-state index in [1.807, 2.05) is 6.92 Å². The second-order valence-corrected chi connectivity index (χ2v) is 5.75. The van der Waals surface area contributed by atoms with E-state index in [1.165, 1.54) is 12.0 Å². The lowest BCUT2D eigenvalue weighted by Crippen LogP contribution is -2.49. The number of likely N-dealkylation sites (tertiary alicyclic amines) is 1. The van der Waals surface area contributed by atoms with Crippen molar-refractivity contribution < 1.29 is 23.9 Å².